The van der Waals surface area contributed by atoms with E-state index < -0.39 is 5.97 Å². The number of esters is 1. The number of thiazole rings is 1. The molecule has 0 unspecified atom stereocenters. The number of ether oxygens (including phenoxy) is 1. The van der Waals surface area contributed by atoms with Crippen molar-refractivity contribution in [2.45, 2.75) is 34.2 Å². The van der Waals surface area contributed by atoms with Gasteiger partial charge in [-0.15, -0.1) is 11.3 Å². The third kappa shape index (κ3) is 15.7. The van der Waals surface area contributed by atoms with Crippen molar-refractivity contribution in [3.63, 3.8) is 0 Å². The molecule has 0 spiro atoms. The summed E-state index contributed by atoms with van der Waals surface area (Å²) >= 11 is 1.40. The van der Waals surface area contributed by atoms with Crippen LogP contribution in [-0.2, 0) is 25.7 Å². The Kier molecular flexibility index (Phi) is 19.2. The summed E-state index contributed by atoms with van der Waals surface area (Å²) in [4.78, 5) is 46.2. The largest absolute Gasteiger partial charge is 2.00 e. The van der Waals surface area contributed by atoms with Gasteiger partial charge < -0.3 is 31.4 Å². The molecule has 0 fully saturated rings. The van der Waals surface area contributed by atoms with Crippen molar-refractivity contribution in [1.29, 1.82) is 0 Å². The second kappa shape index (κ2) is 19.6. The van der Waals surface area contributed by atoms with E-state index in [1.54, 1.807) is 18.7 Å². The number of nitrogens with zero attached hydrogens (tertiary/aromatic N) is 1. The summed E-state index contributed by atoms with van der Waals surface area (Å²) in [6.07, 6.45) is 1.99. The number of amides is 3. The fraction of sp³-hybridized carbons (Fsp3) is 0.250. The molecule has 0 bridgehead atoms. The molecule has 2 rings (SSSR count). The first kappa shape index (κ1) is 34.4. The van der Waals surface area contributed by atoms with E-state index >= 15 is 0 Å². The van der Waals surface area contributed by atoms with Gasteiger partial charge in [-0.1, -0.05) is 37.4 Å². The summed E-state index contributed by atoms with van der Waals surface area (Å²) in [5, 5.41) is 9.63. The molecule has 3 amide bonds. The Morgan fingerprint density at radius 3 is 2.23 bits per heavy atom. The summed E-state index contributed by atoms with van der Waals surface area (Å²) in [5.41, 5.74) is 2.79. The number of hydrogen-bond acceptors (Lipinski definition) is 7. The molecule has 0 aliphatic heterocycles. The first-order valence-corrected chi connectivity index (χ1v) is 10.8. The van der Waals surface area contributed by atoms with Gasteiger partial charge in [0, 0.05) is 23.2 Å². The van der Waals surface area contributed by atoms with Crippen LogP contribution in [0.25, 0.3) is 10.6 Å². The molecule has 9 nitrogen and oxygen atoms in total. The van der Waals surface area contributed by atoms with Crippen molar-refractivity contribution in [2.75, 3.05) is 7.11 Å². The zero-order chi connectivity index (χ0) is 26.1. The van der Waals surface area contributed by atoms with E-state index in [9.17, 15) is 19.2 Å². The Bertz CT molecular complexity index is 972. The van der Waals surface area contributed by atoms with Crippen molar-refractivity contribution in [2.24, 2.45) is 0 Å². The molecule has 35 heavy (non-hydrogen) atoms. The van der Waals surface area contributed by atoms with Gasteiger partial charge in [0.15, 0.2) is 0 Å². The van der Waals surface area contributed by atoms with Crippen LogP contribution in [0.4, 0.5) is 0 Å². The Hall–Kier alpha value is -2.74. The number of benzene rings is 1. The molecule has 1 aromatic heterocycles. The summed E-state index contributed by atoms with van der Waals surface area (Å²) in [7, 11) is 1.21. The molecular formula is C24H30N4O5SU. The average molecular weight is 725 g/mol. The molecule has 0 aliphatic rings. The van der Waals surface area contributed by atoms with Crippen LogP contribution in [0.1, 0.15) is 43.7 Å². The van der Waals surface area contributed by atoms with Gasteiger partial charge in [-0.05, 0) is 12.5 Å². The monoisotopic (exact) mass is 724 g/mol. The number of rotatable bonds is 9. The first-order chi connectivity index (χ1) is 16.0. The van der Waals surface area contributed by atoms with Gasteiger partial charge >= 0.3 is 37.1 Å². The maximum Gasteiger partial charge on any atom is 2.00 e. The minimum Gasteiger partial charge on any atom is -0.526 e. The van der Waals surface area contributed by atoms with Crippen LogP contribution in [0.2, 0.25) is 0 Å². The summed E-state index contributed by atoms with van der Waals surface area (Å²) in [5.74, 6) is 0.523. The van der Waals surface area contributed by atoms with E-state index in [0.717, 1.165) is 16.1 Å². The predicted octanol–water partition coefficient (Wildman–Crippen LogP) is 3.27. The van der Waals surface area contributed by atoms with Crippen LogP contribution >= 0.6 is 11.3 Å². The molecular weight excluding hydrogens is 694 g/mol. The maximum absolute atomic E-state index is 11.8. The fourth-order valence-corrected chi connectivity index (χ4v) is 2.73. The number of hydrogen-bond donors (Lipinski definition) is 3. The maximum atomic E-state index is 11.8. The molecule has 186 valence electrons. The molecule has 1 aromatic carbocycles. The molecule has 0 radical (unpaired) electrons. The van der Waals surface area contributed by atoms with Gasteiger partial charge in [-0.2, -0.15) is 27.2 Å². The zero-order valence-electron chi connectivity index (χ0n) is 20.5. The van der Waals surface area contributed by atoms with Gasteiger partial charge in [0.25, 0.3) is 5.91 Å². The fourth-order valence-electron chi connectivity index (χ4n) is 1.93. The van der Waals surface area contributed by atoms with Crippen molar-refractivity contribution in [1.82, 2.24) is 20.9 Å². The molecule has 0 saturated carbocycles. The summed E-state index contributed by atoms with van der Waals surface area (Å²) in [6.45, 7) is 15.2. The second-order valence-corrected chi connectivity index (χ2v) is 8.02. The van der Waals surface area contributed by atoms with Gasteiger partial charge in [-0.3, -0.25) is 9.59 Å². The van der Waals surface area contributed by atoms with Gasteiger partial charge in [0.1, 0.15) is 16.4 Å². The Morgan fingerprint density at radius 2 is 1.77 bits per heavy atom. The number of methoxy groups -OCH3 is 1. The van der Waals surface area contributed by atoms with Crippen LogP contribution in [-0.4, -0.2) is 36.8 Å². The SMILES string of the molecule is C=C(C)NC(=O)c1csc(-c2ccc(CN[C-]=O)cc2)n1.C=C(NC=O)C(=O)OC.C[C-](C)C.[U+2]. The van der Waals surface area contributed by atoms with Gasteiger partial charge in [-0.25, -0.2) is 9.78 Å². The number of aromatic nitrogens is 1. The van der Waals surface area contributed by atoms with Crippen molar-refractivity contribution in [3.05, 3.63) is 71.4 Å². The van der Waals surface area contributed by atoms with Crippen LogP contribution in [0.15, 0.2) is 54.2 Å². The Balaban J connectivity index is 0. The Morgan fingerprint density at radius 1 is 1.20 bits per heavy atom. The molecule has 0 saturated heterocycles. The molecule has 1 heterocycles. The molecule has 2 aromatic rings. The van der Waals surface area contributed by atoms with Gasteiger partial charge in [0.2, 0.25) is 6.41 Å². The Labute approximate surface area is 234 Å². The minimum absolute atomic E-state index is 0. The quantitative estimate of drug-likeness (QED) is 0.120. The summed E-state index contributed by atoms with van der Waals surface area (Å²) < 4.78 is 4.20. The van der Waals surface area contributed by atoms with Crippen molar-refractivity contribution in [3.8, 4) is 10.6 Å². The van der Waals surface area contributed by atoms with E-state index in [2.05, 4.69) is 54.3 Å². The number of carbonyl (C=O) groups is 3. The third-order valence-corrected chi connectivity index (χ3v) is 4.19. The smallest absolute Gasteiger partial charge is 0.526 e. The second-order valence-electron chi connectivity index (χ2n) is 7.16. The normalized spacial score (nSPS) is 8.97. The van der Waals surface area contributed by atoms with Crippen molar-refractivity contribution >= 4 is 36.0 Å². The summed E-state index contributed by atoms with van der Waals surface area (Å²) in [6, 6.07) is 7.60. The number of carbonyl (C=O) groups excluding carboxylic acids is 4. The zero-order valence-corrected chi connectivity index (χ0v) is 25.5. The average Bonchev–Trinajstić information content (AvgIpc) is 3.28. The van der Waals surface area contributed by atoms with E-state index in [0.29, 0.717) is 24.3 Å². The van der Waals surface area contributed by atoms with Crippen LogP contribution in [0, 0.1) is 37.0 Å². The van der Waals surface area contributed by atoms with Crippen LogP contribution < -0.4 is 16.0 Å². The van der Waals surface area contributed by atoms with Crippen LogP contribution in [0.3, 0.4) is 0 Å². The number of nitrogens with one attached hydrogen (secondary N) is 3. The van der Waals surface area contributed by atoms with E-state index in [4.69, 9.17) is 0 Å². The first-order valence-electron chi connectivity index (χ1n) is 9.91. The van der Waals surface area contributed by atoms with E-state index in [-0.39, 0.29) is 42.7 Å². The van der Waals surface area contributed by atoms with Crippen molar-refractivity contribution < 1.29 is 55.0 Å². The number of allylic oxidation sites excluding steroid dienone is 1. The van der Waals surface area contributed by atoms with Crippen LogP contribution in [0.5, 0.6) is 0 Å². The molecule has 0 atom stereocenters. The molecule has 3 N–H and O–H groups in total. The van der Waals surface area contributed by atoms with E-state index in [1.807, 2.05) is 29.6 Å². The van der Waals surface area contributed by atoms with Gasteiger partial charge in [0.05, 0.1) is 7.11 Å². The topological polar surface area (TPSA) is 126 Å². The predicted molar refractivity (Wildman–Crippen MR) is 133 cm³/mol. The molecule has 11 heteroatoms. The minimum atomic E-state index is -0.637. The standard InChI is InChI=1S/C15H14N3O2S.C5H7NO3.C4H9.U/c1-10(2)17-14(20)13-8-21-15(18-13)12-5-3-11(4-6-12)7-16-9-19;1-4(6-3-7)5(8)9-2;1-4(2)3;/h3-6,8H,1,7H2,2H3,(H,16,19)(H,17,20);3H,1H2,2H3,(H,6,7);1-3H3;/q-1;;-1;+2. The molecule has 0 aliphatic carbocycles. The van der Waals surface area contributed by atoms with E-state index in [1.165, 1.54) is 24.4 Å². The third-order valence-electron chi connectivity index (χ3n) is 3.29.